The third kappa shape index (κ3) is 3.12. The van der Waals surface area contributed by atoms with Crippen LogP contribution in [0.15, 0.2) is 6.07 Å². The first-order valence-corrected chi connectivity index (χ1v) is 7.39. The average molecular weight is 297 g/mol. The van der Waals surface area contributed by atoms with Crippen molar-refractivity contribution in [1.29, 1.82) is 0 Å². The van der Waals surface area contributed by atoms with Crippen LogP contribution in [0.5, 0.6) is 5.75 Å². The van der Waals surface area contributed by atoms with E-state index in [0.29, 0.717) is 5.75 Å². The van der Waals surface area contributed by atoms with Gasteiger partial charge in [0, 0.05) is 18.0 Å². The molecular weight excluding hydrogens is 278 g/mol. The summed E-state index contributed by atoms with van der Waals surface area (Å²) in [4.78, 5) is 25.8. The van der Waals surface area contributed by atoms with Crippen LogP contribution in [-0.4, -0.2) is 41.6 Å². The zero-order valence-electron chi connectivity index (χ0n) is 11.9. The number of rotatable bonds is 4. The summed E-state index contributed by atoms with van der Waals surface area (Å²) < 4.78 is 5.43. The smallest absolute Gasteiger partial charge is 0.349 e. The summed E-state index contributed by atoms with van der Waals surface area (Å²) in [6, 6.07) is 1.73. The lowest BCUT2D eigenvalue weighted by Crippen LogP contribution is -2.44. The van der Waals surface area contributed by atoms with Crippen molar-refractivity contribution < 1.29 is 19.4 Å². The summed E-state index contributed by atoms with van der Waals surface area (Å²) in [5, 5.41) is 9.21. The second kappa shape index (κ2) is 5.44. The molecule has 5 nitrogen and oxygen atoms in total. The maximum atomic E-state index is 11.7. The van der Waals surface area contributed by atoms with Crippen LogP contribution in [0.1, 0.15) is 41.7 Å². The van der Waals surface area contributed by atoms with Crippen LogP contribution in [0.2, 0.25) is 0 Å². The highest BCUT2D eigenvalue weighted by Gasteiger charge is 2.25. The fourth-order valence-corrected chi connectivity index (χ4v) is 2.79. The molecule has 0 aliphatic carbocycles. The first kappa shape index (κ1) is 14.8. The van der Waals surface area contributed by atoms with Gasteiger partial charge in [-0.05, 0) is 17.9 Å². The molecule has 0 saturated carbocycles. The summed E-state index contributed by atoms with van der Waals surface area (Å²) in [5.74, 6) is -0.811. The number of amides is 1. The number of aromatic carboxylic acids is 1. The predicted octanol–water partition coefficient (Wildman–Crippen LogP) is 2.35. The van der Waals surface area contributed by atoms with Crippen LogP contribution in [0.4, 0.5) is 0 Å². The highest BCUT2D eigenvalue weighted by atomic mass is 32.1. The fourth-order valence-electron chi connectivity index (χ4n) is 1.80. The van der Waals surface area contributed by atoms with Crippen molar-refractivity contribution in [3.05, 3.63) is 15.8 Å². The molecule has 1 aromatic rings. The standard InChI is InChI=1S/C14H19NO4S/c1-14(2,3)10-7-9(12(20-10)13(17)18)19-8-11(16)15-5-4-6-15/h7H,4-6,8H2,1-3H3,(H,17,18). The SMILES string of the molecule is CC(C)(C)c1cc(OCC(=O)N2CCC2)c(C(=O)O)s1. The van der Waals surface area contributed by atoms with Crippen LogP contribution in [-0.2, 0) is 10.2 Å². The molecule has 0 atom stereocenters. The zero-order valence-corrected chi connectivity index (χ0v) is 12.7. The normalized spacial score (nSPS) is 14.8. The molecule has 1 fully saturated rings. The third-order valence-electron chi connectivity index (χ3n) is 3.19. The Hall–Kier alpha value is -1.56. The highest BCUT2D eigenvalue weighted by Crippen LogP contribution is 2.36. The fraction of sp³-hybridized carbons (Fsp3) is 0.571. The van der Waals surface area contributed by atoms with Crippen molar-refractivity contribution in [2.75, 3.05) is 19.7 Å². The quantitative estimate of drug-likeness (QED) is 0.926. The minimum atomic E-state index is -1.02. The molecule has 6 heteroatoms. The second-order valence-electron chi connectivity index (χ2n) is 5.88. The largest absolute Gasteiger partial charge is 0.482 e. The molecule has 1 N–H and O–H groups in total. The molecule has 0 bridgehead atoms. The van der Waals surface area contributed by atoms with E-state index in [1.54, 1.807) is 11.0 Å². The number of nitrogens with zero attached hydrogens (tertiary/aromatic N) is 1. The molecule has 1 aliphatic heterocycles. The Morgan fingerprint density at radius 2 is 2.05 bits per heavy atom. The molecule has 2 heterocycles. The summed E-state index contributed by atoms with van der Waals surface area (Å²) in [5.41, 5.74) is -0.141. The number of carbonyl (C=O) groups is 2. The molecule has 20 heavy (non-hydrogen) atoms. The summed E-state index contributed by atoms with van der Waals surface area (Å²) in [6.07, 6.45) is 1.03. The lowest BCUT2D eigenvalue weighted by molar-refractivity contribution is -0.136. The predicted molar refractivity (Wildman–Crippen MR) is 76.7 cm³/mol. The third-order valence-corrected chi connectivity index (χ3v) is 4.72. The van der Waals surface area contributed by atoms with E-state index in [1.807, 2.05) is 20.8 Å². The van der Waals surface area contributed by atoms with E-state index >= 15 is 0 Å². The number of carbonyl (C=O) groups excluding carboxylic acids is 1. The van der Waals surface area contributed by atoms with Gasteiger partial charge in [0.2, 0.25) is 0 Å². The number of hydrogen-bond donors (Lipinski definition) is 1. The van der Waals surface area contributed by atoms with Crippen LogP contribution in [0.3, 0.4) is 0 Å². The Bertz CT molecular complexity index is 526. The van der Waals surface area contributed by atoms with Crippen LogP contribution < -0.4 is 4.74 Å². The number of likely N-dealkylation sites (tertiary alicyclic amines) is 1. The average Bonchev–Trinajstić information content (AvgIpc) is 2.67. The van der Waals surface area contributed by atoms with Crippen LogP contribution >= 0.6 is 11.3 Å². The van der Waals surface area contributed by atoms with Crippen molar-refractivity contribution in [1.82, 2.24) is 4.90 Å². The number of hydrogen-bond acceptors (Lipinski definition) is 4. The maximum absolute atomic E-state index is 11.7. The van der Waals surface area contributed by atoms with Crippen molar-refractivity contribution in [2.24, 2.45) is 0 Å². The molecular formula is C14H19NO4S. The Kier molecular flexibility index (Phi) is 4.04. The van der Waals surface area contributed by atoms with E-state index in [0.717, 1.165) is 24.4 Å². The van der Waals surface area contributed by atoms with Gasteiger partial charge < -0.3 is 14.7 Å². The minimum Gasteiger partial charge on any atom is -0.482 e. The van der Waals surface area contributed by atoms with E-state index in [1.165, 1.54) is 11.3 Å². The number of carboxylic acid groups (broad SMARTS) is 1. The summed E-state index contributed by atoms with van der Waals surface area (Å²) in [7, 11) is 0. The number of thiophene rings is 1. The van der Waals surface area contributed by atoms with Gasteiger partial charge in [-0.15, -0.1) is 11.3 Å². The van der Waals surface area contributed by atoms with Gasteiger partial charge in [-0.2, -0.15) is 0 Å². The van der Waals surface area contributed by atoms with Crippen LogP contribution in [0.25, 0.3) is 0 Å². The molecule has 1 aliphatic rings. The minimum absolute atomic E-state index is 0.0869. The molecule has 1 saturated heterocycles. The highest BCUT2D eigenvalue weighted by molar-refractivity contribution is 7.14. The monoisotopic (exact) mass is 297 g/mol. The van der Waals surface area contributed by atoms with E-state index in [-0.39, 0.29) is 22.8 Å². The van der Waals surface area contributed by atoms with E-state index in [4.69, 9.17) is 4.74 Å². The topological polar surface area (TPSA) is 66.8 Å². The molecule has 2 rings (SSSR count). The Balaban J connectivity index is 2.11. The molecule has 0 radical (unpaired) electrons. The lowest BCUT2D eigenvalue weighted by Gasteiger charge is -2.30. The van der Waals surface area contributed by atoms with Gasteiger partial charge in [0.15, 0.2) is 11.5 Å². The van der Waals surface area contributed by atoms with E-state index in [2.05, 4.69) is 0 Å². The van der Waals surface area contributed by atoms with Crippen LogP contribution in [0, 0.1) is 0 Å². The van der Waals surface area contributed by atoms with E-state index < -0.39 is 5.97 Å². The Morgan fingerprint density at radius 3 is 2.50 bits per heavy atom. The van der Waals surface area contributed by atoms with Crippen molar-refractivity contribution in [2.45, 2.75) is 32.6 Å². The van der Waals surface area contributed by atoms with Crippen molar-refractivity contribution in [3.63, 3.8) is 0 Å². The molecule has 0 aromatic carbocycles. The molecule has 1 amide bonds. The van der Waals surface area contributed by atoms with Crippen molar-refractivity contribution >= 4 is 23.2 Å². The first-order chi connectivity index (χ1) is 9.29. The lowest BCUT2D eigenvalue weighted by atomic mass is 9.95. The van der Waals surface area contributed by atoms with Gasteiger partial charge >= 0.3 is 5.97 Å². The van der Waals surface area contributed by atoms with Gasteiger partial charge in [0.05, 0.1) is 0 Å². The molecule has 0 unspecified atom stereocenters. The second-order valence-corrected chi connectivity index (χ2v) is 6.93. The molecule has 110 valence electrons. The Labute approximate surface area is 122 Å². The number of ether oxygens (including phenoxy) is 1. The summed E-state index contributed by atoms with van der Waals surface area (Å²) >= 11 is 1.20. The van der Waals surface area contributed by atoms with Crippen molar-refractivity contribution in [3.8, 4) is 5.75 Å². The van der Waals surface area contributed by atoms with Gasteiger partial charge in [0.1, 0.15) is 5.75 Å². The first-order valence-electron chi connectivity index (χ1n) is 6.57. The van der Waals surface area contributed by atoms with Gasteiger partial charge in [-0.25, -0.2) is 4.79 Å². The summed E-state index contributed by atoms with van der Waals surface area (Å²) in [6.45, 7) is 7.48. The molecule has 1 aromatic heterocycles. The van der Waals surface area contributed by atoms with E-state index in [9.17, 15) is 14.7 Å². The maximum Gasteiger partial charge on any atom is 0.349 e. The molecule has 0 spiro atoms. The number of carboxylic acids is 1. The van der Waals surface area contributed by atoms with Gasteiger partial charge in [-0.3, -0.25) is 4.79 Å². The Morgan fingerprint density at radius 1 is 1.40 bits per heavy atom. The van der Waals surface area contributed by atoms with Gasteiger partial charge in [0.25, 0.3) is 5.91 Å². The zero-order chi connectivity index (χ0) is 14.9. The van der Waals surface area contributed by atoms with Gasteiger partial charge in [-0.1, -0.05) is 20.8 Å².